The first-order chi connectivity index (χ1) is 9.33. The third-order valence-corrected chi connectivity index (χ3v) is 4.75. The van der Waals surface area contributed by atoms with Crippen LogP contribution in [0.4, 0.5) is 0 Å². The minimum atomic E-state index is 0.524. The van der Waals surface area contributed by atoms with Crippen LogP contribution in [0.2, 0.25) is 0 Å². The molecule has 1 aromatic carbocycles. The molecule has 2 aliphatic rings. The zero-order valence-electron chi connectivity index (χ0n) is 12.1. The highest BCUT2D eigenvalue weighted by atomic mass is 15.1. The maximum atomic E-state index is 3.69. The molecule has 2 nitrogen and oxygen atoms in total. The van der Waals surface area contributed by atoms with E-state index in [9.17, 15) is 0 Å². The van der Waals surface area contributed by atoms with E-state index in [0.29, 0.717) is 6.04 Å². The molecule has 1 N–H and O–H groups in total. The van der Waals surface area contributed by atoms with E-state index in [4.69, 9.17) is 0 Å². The molecular weight excluding hydrogens is 232 g/mol. The minimum Gasteiger partial charge on any atom is -0.309 e. The molecule has 104 valence electrons. The normalized spacial score (nSPS) is 23.8. The van der Waals surface area contributed by atoms with Gasteiger partial charge in [0, 0.05) is 19.1 Å². The largest absolute Gasteiger partial charge is 0.309 e. The van der Waals surface area contributed by atoms with E-state index in [-0.39, 0.29) is 0 Å². The molecule has 1 aliphatic heterocycles. The SMILES string of the molecule is CN(CC1CCCC1)CC1NCCc2ccccc21. The lowest BCUT2D eigenvalue weighted by Gasteiger charge is -2.31. The van der Waals surface area contributed by atoms with Gasteiger partial charge in [0.15, 0.2) is 0 Å². The van der Waals surface area contributed by atoms with Gasteiger partial charge in [0.1, 0.15) is 0 Å². The van der Waals surface area contributed by atoms with Crippen molar-refractivity contribution in [2.24, 2.45) is 5.92 Å². The summed E-state index contributed by atoms with van der Waals surface area (Å²) in [5, 5.41) is 3.69. The molecule has 1 saturated carbocycles. The molecule has 1 atom stereocenters. The Morgan fingerprint density at radius 3 is 2.79 bits per heavy atom. The predicted molar refractivity (Wildman–Crippen MR) is 80.3 cm³/mol. The molecular formula is C17H26N2. The average molecular weight is 258 g/mol. The first-order valence-corrected chi connectivity index (χ1v) is 7.82. The molecule has 1 fully saturated rings. The molecule has 0 saturated heterocycles. The van der Waals surface area contributed by atoms with Gasteiger partial charge in [-0.2, -0.15) is 0 Å². The van der Waals surface area contributed by atoms with E-state index in [1.165, 1.54) is 44.2 Å². The van der Waals surface area contributed by atoms with Gasteiger partial charge in [0.05, 0.1) is 0 Å². The van der Waals surface area contributed by atoms with Crippen LogP contribution in [0, 0.1) is 5.92 Å². The van der Waals surface area contributed by atoms with Crippen LogP contribution in [-0.2, 0) is 6.42 Å². The fraction of sp³-hybridized carbons (Fsp3) is 0.647. The third-order valence-electron chi connectivity index (χ3n) is 4.75. The number of likely N-dealkylation sites (N-methyl/N-ethyl adjacent to an activating group) is 1. The monoisotopic (exact) mass is 258 g/mol. The molecule has 0 bridgehead atoms. The second kappa shape index (κ2) is 6.06. The molecule has 3 rings (SSSR count). The molecule has 19 heavy (non-hydrogen) atoms. The highest BCUT2D eigenvalue weighted by Gasteiger charge is 2.22. The molecule has 1 aliphatic carbocycles. The van der Waals surface area contributed by atoms with Crippen molar-refractivity contribution in [2.45, 2.75) is 38.1 Å². The Kier molecular flexibility index (Phi) is 4.19. The summed E-state index contributed by atoms with van der Waals surface area (Å²) >= 11 is 0. The van der Waals surface area contributed by atoms with Crippen LogP contribution in [0.5, 0.6) is 0 Å². The second-order valence-corrected chi connectivity index (χ2v) is 6.33. The number of hydrogen-bond acceptors (Lipinski definition) is 2. The van der Waals surface area contributed by atoms with E-state index in [2.05, 4.69) is 41.5 Å². The molecule has 1 heterocycles. The Morgan fingerprint density at radius 1 is 1.16 bits per heavy atom. The van der Waals surface area contributed by atoms with Gasteiger partial charge in [0.25, 0.3) is 0 Å². The van der Waals surface area contributed by atoms with E-state index in [1.54, 1.807) is 5.56 Å². The van der Waals surface area contributed by atoms with E-state index >= 15 is 0 Å². The van der Waals surface area contributed by atoms with Gasteiger partial charge in [-0.25, -0.2) is 0 Å². The predicted octanol–water partition coefficient (Wildman–Crippen LogP) is 3.00. The van der Waals surface area contributed by atoms with E-state index in [0.717, 1.165) is 19.0 Å². The summed E-state index contributed by atoms with van der Waals surface area (Å²) in [6, 6.07) is 9.46. The topological polar surface area (TPSA) is 15.3 Å². The number of hydrogen-bond donors (Lipinski definition) is 1. The van der Waals surface area contributed by atoms with Crippen molar-refractivity contribution >= 4 is 0 Å². The quantitative estimate of drug-likeness (QED) is 0.893. The first-order valence-electron chi connectivity index (χ1n) is 7.82. The van der Waals surface area contributed by atoms with Crippen molar-refractivity contribution in [1.29, 1.82) is 0 Å². The van der Waals surface area contributed by atoms with Crippen molar-refractivity contribution in [3.05, 3.63) is 35.4 Å². The Bertz CT molecular complexity index is 409. The van der Waals surface area contributed by atoms with Crippen LogP contribution in [0.15, 0.2) is 24.3 Å². The Labute approximate surface area is 117 Å². The smallest absolute Gasteiger partial charge is 0.0452 e. The number of rotatable bonds is 4. The summed E-state index contributed by atoms with van der Waals surface area (Å²) in [4.78, 5) is 2.54. The minimum absolute atomic E-state index is 0.524. The number of nitrogens with one attached hydrogen (secondary N) is 1. The maximum absolute atomic E-state index is 3.69. The van der Waals surface area contributed by atoms with Crippen LogP contribution in [0.1, 0.15) is 42.9 Å². The van der Waals surface area contributed by atoms with Gasteiger partial charge in [-0.15, -0.1) is 0 Å². The Hall–Kier alpha value is -0.860. The number of nitrogens with zero attached hydrogens (tertiary/aromatic N) is 1. The summed E-state index contributed by atoms with van der Waals surface area (Å²) in [6.45, 7) is 3.55. The summed E-state index contributed by atoms with van der Waals surface area (Å²) in [5.74, 6) is 0.948. The van der Waals surface area contributed by atoms with Crippen LogP contribution in [0.25, 0.3) is 0 Å². The standard InChI is InChI=1S/C17H26N2/c1-19(12-14-6-2-3-7-14)13-17-16-9-5-4-8-15(16)10-11-18-17/h4-5,8-9,14,17-18H,2-3,6-7,10-13H2,1H3. The lowest BCUT2D eigenvalue weighted by atomic mass is 9.94. The lowest BCUT2D eigenvalue weighted by molar-refractivity contribution is 0.246. The van der Waals surface area contributed by atoms with Crippen LogP contribution < -0.4 is 5.32 Å². The van der Waals surface area contributed by atoms with Gasteiger partial charge in [-0.3, -0.25) is 0 Å². The van der Waals surface area contributed by atoms with Gasteiger partial charge in [-0.1, -0.05) is 37.1 Å². The summed E-state index contributed by atoms with van der Waals surface area (Å²) in [6.07, 6.45) is 6.96. The van der Waals surface area contributed by atoms with Gasteiger partial charge in [-0.05, 0) is 49.9 Å². The molecule has 2 heteroatoms. The summed E-state index contributed by atoms with van der Waals surface area (Å²) in [7, 11) is 2.29. The molecule has 0 amide bonds. The molecule has 0 radical (unpaired) electrons. The van der Waals surface area contributed by atoms with Gasteiger partial charge < -0.3 is 10.2 Å². The zero-order valence-corrected chi connectivity index (χ0v) is 12.1. The molecule has 0 aromatic heterocycles. The molecule has 1 aromatic rings. The van der Waals surface area contributed by atoms with Crippen molar-refractivity contribution in [3.63, 3.8) is 0 Å². The highest BCUT2D eigenvalue weighted by Crippen LogP contribution is 2.27. The van der Waals surface area contributed by atoms with E-state index in [1.807, 2.05) is 0 Å². The van der Waals surface area contributed by atoms with Crippen molar-refractivity contribution in [3.8, 4) is 0 Å². The van der Waals surface area contributed by atoms with E-state index < -0.39 is 0 Å². The zero-order chi connectivity index (χ0) is 13.1. The van der Waals surface area contributed by atoms with Crippen molar-refractivity contribution in [2.75, 3.05) is 26.7 Å². The number of fused-ring (bicyclic) bond motifs is 1. The molecule has 1 unspecified atom stereocenters. The fourth-order valence-electron chi connectivity index (χ4n) is 3.78. The average Bonchev–Trinajstić information content (AvgIpc) is 2.92. The van der Waals surface area contributed by atoms with Crippen LogP contribution in [0.3, 0.4) is 0 Å². The third kappa shape index (κ3) is 3.18. The first kappa shape index (κ1) is 13.1. The number of benzene rings is 1. The van der Waals surface area contributed by atoms with Gasteiger partial charge in [0.2, 0.25) is 0 Å². The Balaban J connectivity index is 1.60. The summed E-state index contributed by atoms with van der Waals surface area (Å²) in [5.41, 5.74) is 3.06. The second-order valence-electron chi connectivity index (χ2n) is 6.33. The van der Waals surface area contributed by atoms with Crippen molar-refractivity contribution in [1.82, 2.24) is 10.2 Å². The van der Waals surface area contributed by atoms with Gasteiger partial charge >= 0.3 is 0 Å². The maximum Gasteiger partial charge on any atom is 0.0452 e. The van der Waals surface area contributed by atoms with Crippen LogP contribution >= 0.6 is 0 Å². The fourth-order valence-corrected chi connectivity index (χ4v) is 3.78. The lowest BCUT2D eigenvalue weighted by Crippen LogP contribution is -2.38. The van der Waals surface area contributed by atoms with Crippen LogP contribution in [-0.4, -0.2) is 31.6 Å². The van der Waals surface area contributed by atoms with Crippen molar-refractivity contribution < 1.29 is 0 Å². The highest BCUT2D eigenvalue weighted by molar-refractivity contribution is 5.32. The molecule has 0 spiro atoms. The summed E-state index contributed by atoms with van der Waals surface area (Å²) < 4.78 is 0. The Morgan fingerprint density at radius 2 is 1.95 bits per heavy atom.